The van der Waals surface area contributed by atoms with E-state index in [0.717, 1.165) is 18.4 Å². The molecule has 1 aliphatic carbocycles. The first kappa shape index (κ1) is 20.3. The number of anilines is 1. The van der Waals surface area contributed by atoms with Crippen LogP contribution >= 0.6 is 0 Å². The Labute approximate surface area is 176 Å². The van der Waals surface area contributed by atoms with Crippen molar-refractivity contribution in [3.63, 3.8) is 0 Å². The number of nitrogens with zero attached hydrogens (tertiary/aromatic N) is 1. The molecule has 7 heteroatoms. The number of hydrogen-bond acceptors (Lipinski definition) is 5. The molecule has 1 fully saturated rings. The van der Waals surface area contributed by atoms with E-state index < -0.39 is 26.5 Å². The molecule has 1 N–H and O–H groups in total. The van der Waals surface area contributed by atoms with E-state index in [1.165, 1.54) is 6.07 Å². The summed E-state index contributed by atoms with van der Waals surface area (Å²) >= 11 is 0. The summed E-state index contributed by atoms with van der Waals surface area (Å²) in [6, 6.07) is 13.4. The van der Waals surface area contributed by atoms with E-state index in [4.69, 9.17) is 0 Å². The number of nitrogens with one attached hydrogen (secondary N) is 1. The molecule has 2 aromatic rings. The maximum atomic E-state index is 13.4. The number of hydrogen-bond donors (Lipinski definition) is 1. The maximum absolute atomic E-state index is 13.4. The molecule has 6 nitrogen and oxygen atoms in total. The molecule has 156 valence electrons. The SMILES string of the molecule is Cc1ccccc1NS(=O)(=O)C1=C(N2CCC(C)CC2)C(=O)c2ccccc2C1=O. The Kier molecular flexibility index (Phi) is 5.24. The van der Waals surface area contributed by atoms with Crippen LogP contribution in [0.1, 0.15) is 46.0 Å². The van der Waals surface area contributed by atoms with Crippen molar-refractivity contribution in [3.8, 4) is 0 Å². The van der Waals surface area contributed by atoms with Gasteiger partial charge in [0.05, 0.1) is 5.69 Å². The highest BCUT2D eigenvalue weighted by molar-refractivity contribution is 7.97. The first-order valence-corrected chi connectivity index (χ1v) is 11.5. The van der Waals surface area contributed by atoms with Gasteiger partial charge >= 0.3 is 0 Å². The van der Waals surface area contributed by atoms with Crippen molar-refractivity contribution >= 4 is 27.3 Å². The van der Waals surface area contributed by atoms with Gasteiger partial charge in [0, 0.05) is 24.2 Å². The average Bonchev–Trinajstić information content (AvgIpc) is 2.73. The minimum Gasteiger partial charge on any atom is -0.367 e. The van der Waals surface area contributed by atoms with Gasteiger partial charge in [0.1, 0.15) is 5.70 Å². The van der Waals surface area contributed by atoms with Crippen LogP contribution in [0.5, 0.6) is 0 Å². The summed E-state index contributed by atoms with van der Waals surface area (Å²) in [7, 11) is -4.28. The topological polar surface area (TPSA) is 83.6 Å². The van der Waals surface area contributed by atoms with Crippen molar-refractivity contribution in [2.75, 3.05) is 17.8 Å². The molecule has 0 spiro atoms. The van der Waals surface area contributed by atoms with Crippen LogP contribution in [-0.2, 0) is 10.0 Å². The Bertz CT molecular complexity index is 1160. The summed E-state index contributed by atoms with van der Waals surface area (Å²) in [6.45, 7) is 5.00. The predicted molar refractivity (Wildman–Crippen MR) is 116 cm³/mol. The molecule has 30 heavy (non-hydrogen) atoms. The highest BCUT2D eigenvalue weighted by Gasteiger charge is 2.42. The number of benzene rings is 2. The second kappa shape index (κ2) is 7.72. The van der Waals surface area contributed by atoms with Crippen molar-refractivity contribution in [2.45, 2.75) is 26.7 Å². The fourth-order valence-electron chi connectivity index (χ4n) is 3.99. The molecule has 1 aliphatic heterocycles. The second-order valence-corrected chi connectivity index (χ2v) is 9.59. The summed E-state index contributed by atoms with van der Waals surface area (Å²) in [5.41, 5.74) is 1.49. The number of rotatable bonds is 4. The maximum Gasteiger partial charge on any atom is 0.268 e. The van der Waals surface area contributed by atoms with E-state index in [0.29, 0.717) is 24.7 Å². The fraction of sp³-hybridized carbons (Fsp3) is 0.304. The van der Waals surface area contributed by atoms with E-state index in [9.17, 15) is 18.0 Å². The highest BCUT2D eigenvalue weighted by Crippen LogP contribution is 2.34. The van der Waals surface area contributed by atoms with Gasteiger partial charge in [0.2, 0.25) is 11.6 Å². The lowest BCUT2D eigenvalue weighted by Gasteiger charge is -2.35. The minimum absolute atomic E-state index is 0.00770. The summed E-state index contributed by atoms with van der Waals surface area (Å²) in [5, 5.41) is 0. The van der Waals surface area contributed by atoms with Crippen molar-refractivity contribution in [2.24, 2.45) is 5.92 Å². The van der Waals surface area contributed by atoms with Gasteiger partial charge in [-0.3, -0.25) is 14.3 Å². The molecule has 1 heterocycles. The number of sulfonamides is 1. The number of para-hydroxylation sites is 1. The zero-order valence-electron chi connectivity index (χ0n) is 17.0. The van der Waals surface area contributed by atoms with Crippen LogP contribution in [0, 0.1) is 12.8 Å². The lowest BCUT2D eigenvalue weighted by Crippen LogP contribution is -2.41. The minimum atomic E-state index is -4.28. The fourth-order valence-corrected chi connectivity index (χ4v) is 5.44. The van der Waals surface area contributed by atoms with Crippen molar-refractivity contribution < 1.29 is 18.0 Å². The number of allylic oxidation sites excluding steroid dienone is 2. The molecule has 0 amide bonds. The van der Waals surface area contributed by atoms with Gasteiger partial charge in [0.25, 0.3) is 10.0 Å². The molecular formula is C23H24N2O4S. The highest BCUT2D eigenvalue weighted by atomic mass is 32.2. The molecular weight excluding hydrogens is 400 g/mol. The van der Waals surface area contributed by atoms with Crippen LogP contribution < -0.4 is 4.72 Å². The second-order valence-electron chi connectivity index (χ2n) is 7.97. The number of carbonyl (C=O) groups is 2. The largest absolute Gasteiger partial charge is 0.367 e. The van der Waals surface area contributed by atoms with E-state index in [1.807, 2.05) is 0 Å². The van der Waals surface area contributed by atoms with Crippen LogP contribution in [0.3, 0.4) is 0 Å². The Morgan fingerprint density at radius 2 is 1.47 bits per heavy atom. The number of carbonyl (C=O) groups excluding carboxylic acids is 2. The lowest BCUT2D eigenvalue weighted by atomic mass is 9.90. The summed E-state index contributed by atoms with van der Waals surface area (Å²) < 4.78 is 29.4. The molecule has 1 saturated heterocycles. The van der Waals surface area contributed by atoms with Crippen molar-refractivity contribution in [3.05, 3.63) is 75.8 Å². The molecule has 4 rings (SSSR count). The number of piperidine rings is 1. The van der Waals surface area contributed by atoms with Crippen LogP contribution in [-0.4, -0.2) is 38.0 Å². The smallest absolute Gasteiger partial charge is 0.268 e. The normalized spacial score (nSPS) is 17.9. The molecule has 0 unspecified atom stereocenters. The molecule has 0 aromatic heterocycles. The predicted octanol–water partition coefficient (Wildman–Crippen LogP) is 3.76. The van der Waals surface area contributed by atoms with E-state index in [-0.39, 0.29) is 16.8 Å². The lowest BCUT2D eigenvalue weighted by molar-refractivity contribution is 0.0933. The molecule has 0 atom stereocenters. The average molecular weight is 425 g/mol. The van der Waals surface area contributed by atoms with Crippen LogP contribution in [0.15, 0.2) is 59.1 Å². The van der Waals surface area contributed by atoms with Gasteiger partial charge in [0.15, 0.2) is 4.91 Å². The molecule has 0 bridgehead atoms. The number of fused-ring (bicyclic) bond motifs is 1. The Morgan fingerprint density at radius 1 is 0.900 bits per heavy atom. The number of aryl methyl sites for hydroxylation is 1. The number of likely N-dealkylation sites (tertiary alicyclic amines) is 1. The van der Waals surface area contributed by atoms with Gasteiger partial charge in [-0.2, -0.15) is 0 Å². The van der Waals surface area contributed by atoms with E-state index in [2.05, 4.69) is 11.6 Å². The first-order chi connectivity index (χ1) is 14.3. The third kappa shape index (κ3) is 3.54. The standard InChI is InChI=1S/C23H24N2O4S/c1-15-11-13-25(14-12-15)20-21(26)17-8-4-5-9-18(17)22(27)23(20)30(28,29)24-19-10-6-3-7-16(19)2/h3-10,15,24H,11-14H2,1-2H3. The van der Waals surface area contributed by atoms with E-state index in [1.54, 1.807) is 54.3 Å². The van der Waals surface area contributed by atoms with Gasteiger partial charge in [-0.15, -0.1) is 0 Å². The third-order valence-corrected chi connectivity index (χ3v) is 7.22. The van der Waals surface area contributed by atoms with Gasteiger partial charge in [-0.05, 0) is 37.3 Å². The van der Waals surface area contributed by atoms with Gasteiger partial charge in [-0.1, -0.05) is 49.4 Å². The van der Waals surface area contributed by atoms with Crippen LogP contribution in [0.25, 0.3) is 0 Å². The number of Topliss-reactive ketones (excluding diaryl/α,β-unsaturated/α-hetero) is 2. The molecule has 2 aliphatic rings. The molecule has 0 radical (unpaired) electrons. The zero-order chi connectivity index (χ0) is 21.5. The Balaban J connectivity index is 1.87. The van der Waals surface area contributed by atoms with Crippen LogP contribution in [0.2, 0.25) is 0 Å². The van der Waals surface area contributed by atoms with Crippen molar-refractivity contribution in [1.82, 2.24) is 4.90 Å². The monoisotopic (exact) mass is 424 g/mol. The number of ketones is 2. The first-order valence-electron chi connectivity index (χ1n) is 10.1. The van der Waals surface area contributed by atoms with E-state index >= 15 is 0 Å². The summed E-state index contributed by atoms with van der Waals surface area (Å²) in [5.74, 6) is -0.557. The summed E-state index contributed by atoms with van der Waals surface area (Å²) in [6.07, 6.45) is 1.68. The zero-order valence-corrected chi connectivity index (χ0v) is 17.8. The Morgan fingerprint density at radius 3 is 2.10 bits per heavy atom. The third-order valence-electron chi connectivity index (χ3n) is 5.81. The Hall–Kier alpha value is -2.93. The van der Waals surface area contributed by atoms with Crippen molar-refractivity contribution in [1.29, 1.82) is 0 Å². The molecule has 2 aromatic carbocycles. The van der Waals surface area contributed by atoms with Gasteiger partial charge < -0.3 is 4.90 Å². The molecule has 0 saturated carbocycles. The van der Waals surface area contributed by atoms with Gasteiger partial charge in [-0.25, -0.2) is 8.42 Å². The quantitative estimate of drug-likeness (QED) is 0.808. The van der Waals surface area contributed by atoms with Crippen LogP contribution in [0.4, 0.5) is 5.69 Å². The summed E-state index contributed by atoms with van der Waals surface area (Å²) in [4.78, 5) is 28.0.